The minimum atomic E-state index is 0.0188. The first-order chi connectivity index (χ1) is 14.2. The average Bonchev–Trinajstić information content (AvgIpc) is 3.60. The third-order valence-electron chi connectivity index (χ3n) is 5.51. The van der Waals surface area contributed by atoms with Crippen molar-refractivity contribution in [2.24, 2.45) is 5.92 Å². The van der Waals surface area contributed by atoms with Crippen molar-refractivity contribution in [1.29, 1.82) is 0 Å². The number of pyridine rings is 1. The molecule has 2 aliphatic rings. The molecule has 2 fully saturated rings. The van der Waals surface area contributed by atoms with E-state index < -0.39 is 0 Å². The molecular formula is C22H24N6O. The predicted molar refractivity (Wildman–Crippen MR) is 112 cm³/mol. The Hall–Kier alpha value is -2.90. The number of carbonyl (C=O) groups is 1. The molecule has 3 heterocycles. The fourth-order valence-electron chi connectivity index (χ4n) is 3.68. The van der Waals surface area contributed by atoms with Gasteiger partial charge in [0.15, 0.2) is 0 Å². The fraction of sp³-hybridized carbons (Fsp3) is 0.364. The number of carbonyl (C=O) groups excluding carboxylic acids is 1. The van der Waals surface area contributed by atoms with Crippen LogP contribution in [-0.4, -0.2) is 51.9 Å². The van der Waals surface area contributed by atoms with Crippen LogP contribution < -0.4 is 10.6 Å². The quantitative estimate of drug-likeness (QED) is 0.699. The van der Waals surface area contributed by atoms with Crippen LogP contribution in [0.1, 0.15) is 18.4 Å². The number of hydrogen-bond acceptors (Lipinski definition) is 6. The Morgan fingerprint density at radius 2 is 1.97 bits per heavy atom. The number of piperazine rings is 1. The molecule has 7 heteroatoms. The highest BCUT2D eigenvalue weighted by molar-refractivity contribution is 5.93. The highest BCUT2D eigenvalue weighted by atomic mass is 16.2. The van der Waals surface area contributed by atoms with E-state index in [1.54, 1.807) is 6.20 Å². The van der Waals surface area contributed by atoms with Crippen LogP contribution in [0.15, 0.2) is 42.9 Å². The molecule has 2 N–H and O–H groups in total. The van der Waals surface area contributed by atoms with Gasteiger partial charge < -0.3 is 5.32 Å². The normalized spacial score (nSPS) is 17.4. The highest BCUT2D eigenvalue weighted by Gasteiger charge is 2.30. The zero-order chi connectivity index (χ0) is 19.6. The number of fused-ring (bicyclic) bond motifs is 1. The molecule has 1 aliphatic heterocycles. The number of amides is 1. The summed E-state index contributed by atoms with van der Waals surface area (Å²) in [6, 6.07) is 8.32. The Morgan fingerprint density at radius 3 is 2.79 bits per heavy atom. The van der Waals surface area contributed by atoms with Gasteiger partial charge in [0, 0.05) is 68.2 Å². The van der Waals surface area contributed by atoms with Gasteiger partial charge in [0.05, 0.1) is 5.52 Å². The monoisotopic (exact) mass is 388 g/mol. The van der Waals surface area contributed by atoms with Crippen molar-refractivity contribution < 1.29 is 4.79 Å². The van der Waals surface area contributed by atoms with E-state index in [1.165, 1.54) is 5.56 Å². The van der Waals surface area contributed by atoms with Crippen molar-refractivity contribution in [2.75, 3.05) is 31.5 Å². The lowest BCUT2D eigenvalue weighted by Gasteiger charge is -2.27. The zero-order valence-electron chi connectivity index (χ0n) is 16.3. The summed E-state index contributed by atoms with van der Waals surface area (Å²) >= 11 is 0. The maximum absolute atomic E-state index is 12.0. The van der Waals surface area contributed by atoms with Crippen LogP contribution in [0.25, 0.3) is 22.0 Å². The van der Waals surface area contributed by atoms with Gasteiger partial charge in [0.2, 0.25) is 11.9 Å². The Balaban J connectivity index is 1.38. The second-order valence-electron chi connectivity index (χ2n) is 7.84. The Kier molecular flexibility index (Phi) is 4.91. The highest BCUT2D eigenvalue weighted by Crippen LogP contribution is 2.30. The molecule has 1 aromatic carbocycles. The molecule has 5 rings (SSSR count). The van der Waals surface area contributed by atoms with Gasteiger partial charge in [-0.25, -0.2) is 9.97 Å². The number of hydrogen-bond donors (Lipinski definition) is 2. The van der Waals surface area contributed by atoms with Crippen molar-refractivity contribution in [2.45, 2.75) is 19.4 Å². The maximum atomic E-state index is 12.0. The summed E-state index contributed by atoms with van der Waals surface area (Å²) in [5, 5.41) is 7.16. The number of benzene rings is 1. The van der Waals surface area contributed by atoms with Gasteiger partial charge in [-0.2, -0.15) is 0 Å². The number of nitrogens with one attached hydrogen (secondary N) is 2. The lowest BCUT2D eigenvalue weighted by Crippen LogP contribution is -2.42. The van der Waals surface area contributed by atoms with E-state index in [4.69, 9.17) is 0 Å². The molecule has 2 aromatic heterocycles. The van der Waals surface area contributed by atoms with Crippen LogP contribution in [-0.2, 0) is 11.3 Å². The average molecular weight is 388 g/mol. The lowest BCUT2D eigenvalue weighted by molar-refractivity contribution is -0.117. The maximum Gasteiger partial charge on any atom is 0.229 e. The molecule has 1 aliphatic carbocycles. The Morgan fingerprint density at radius 1 is 1.10 bits per heavy atom. The van der Waals surface area contributed by atoms with Gasteiger partial charge in [-0.15, -0.1) is 0 Å². The van der Waals surface area contributed by atoms with Crippen LogP contribution in [0.4, 0.5) is 5.95 Å². The van der Waals surface area contributed by atoms with E-state index in [1.807, 2.05) is 24.5 Å². The molecule has 148 valence electrons. The summed E-state index contributed by atoms with van der Waals surface area (Å²) in [5.74, 6) is 0.521. The summed E-state index contributed by atoms with van der Waals surface area (Å²) < 4.78 is 0. The minimum Gasteiger partial charge on any atom is -0.314 e. The van der Waals surface area contributed by atoms with E-state index in [2.05, 4.69) is 42.6 Å². The molecule has 1 amide bonds. The Labute approximate surface area is 169 Å². The van der Waals surface area contributed by atoms with Crippen LogP contribution in [0.3, 0.4) is 0 Å². The van der Waals surface area contributed by atoms with E-state index in [-0.39, 0.29) is 11.8 Å². The molecule has 29 heavy (non-hydrogen) atoms. The van der Waals surface area contributed by atoms with Crippen molar-refractivity contribution in [3.05, 3.63) is 48.4 Å². The number of rotatable bonds is 5. The van der Waals surface area contributed by atoms with E-state index in [0.29, 0.717) is 5.95 Å². The molecule has 1 saturated carbocycles. The lowest BCUT2D eigenvalue weighted by atomic mass is 10.0. The Bertz CT molecular complexity index is 1040. The number of aromatic nitrogens is 3. The molecule has 0 radical (unpaired) electrons. The third kappa shape index (κ3) is 4.26. The predicted octanol–water partition coefficient (Wildman–Crippen LogP) is 2.45. The topological polar surface area (TPSA) is 83.0 Å². The molecule has 7 nitrogen and oxygen atoms in total. The van der Waals surface area contributed by atoms with Crippen LogP contribution in [0, 0.1) is 5.92 Å². The van der Waals surface area contributed by atoms with Gasteiger partial charge in [-0.3, -0.25) is 20.0 Å². The molecule has 1 saturated heterocycles. The smallest absolute Gasteiger partial charge is 0.229 e. The van der Waals surface area contributed by atoms with Gasteiger partial charge in [-0.05, 0) is 36.1 Å². The minimum absolute atomic E-state index is 0.0188. The third-order valence-corrected chi connectivity index (χ3v) is 5.51. The largest absolute Gasteiger partial charge is 0.314 e. The van der Waals surface area contributed by atoms with Crippen LogP contribution in [0.5, 0.6) is 0 Å². The number of anilines is 1. The fourth-order valence-corrected chi connectivity index (χ4v) is 3.68. The summed E-state index contributed by atoms with van der Waals surface area (Å²) in [7, 11) is 0. The van der Waals surface area contributed by atoms with E-state index in [9.17, 15) is 4.79 Å². The number of nitrogens with zero attached hydrogens (tertiary/aromatic N) is 4. The second kappa shape index (κ2) is 7.85. The first-order valence-corrected chi connectivity index (χ1v) is 10.2. The molecule has 0 atom stereocenters. The molecule has 0 bridgehead atoms. The molecular weight excluding hydrogens is 364 g/mol. The first-order valence-electron chi connectivity index (χ1n) is 10.2. The van der Waals surface area contributed by atoms with Crippen molar-refractivity contribution in [1.82, 2.24) is 25.2 Å². The van der Waals surface area contributed by atoms with Crippen LogP contribution in [0.2, 0.25) is 0 Å². The second-order valence-corrected chi connectivity index (χ2v) is 7.84. The summed E-state index contributed by atoms with van der Waals surface area (Å²) in [6.07, 6.45) is 7.51. The van der Waals surface area contributed by atoms with E-state index >= 15 is 0 Å². The summed E-state index contributed by atoms with van der Waals surface area (Å²) in [4.78, 5) is 27.7. The van der Waals surface area contributed by atoms with Gasteiger partial charge in [-0.1, -0.05) is 12.1 Å². The molecule has 3 aromatic rings. The van der Waals surface area contributed by atoms with Crippen molar-refractivity contribution in [3.63, 3.8) is 0 Å². The SMILES string of the molecule is O=C(Nc1ncc2ccc(-c3cncc(CN4CCNCC4)c3)cc2n1)C1CC1. The zero-order valence-corrected chi connectivity index (χ0v) is 16.3. The van der Waals surface area contributed by atoms with Gasteiger partial charge in [0.1, 0.15) is 0 Å². The van der Waals surface area contributed by atoms with Gasteiger partial charge in [0.25, 0.3) is 0 Å². The standard InChI is InChI=1S/C22H24N6O/c29-21(16-1-2-16)27-22-25-13-18-4-3-17(10-20(18)26-22)19-9-15(11-24-12-19)14-28-7-5-23-6-8-28/h3-4,9-13,16,23H,1-2,5-8,14H2,(H,25,26,27,29). The summed E-state index contributed by atoms with van der Waals surface area (Å²) in [6.45, 7) is 5.11. The first kappa shape index (κ1) is 18.1. The van der Waals surface area contributed by atoms with Crippen molar-refractivity contribution in [3.8, 4) is 11.1 Å². The molecule has 0 unspecified atom stereocenters. The van der Waals surface area contributed by atoms with Crippen molar-refractivity contribution >= 4 is 22.8 Å². The van der Waals surface area contributed by atoms with Crippen LogP contribution >= 0.6 is 0 Å². The van der Waals surface area contributed by atoms with Gasteiger partial charge >= 0.3 is 0 Å². The molecule has 0 spiro atoms. The summed E-state index contributed by atoms with van der Waals surface area (Å²) in [5.41, 5.74) is 4.16. The van der Waals surface area contributed by atoms with E-state index in [0.717, 1.165) is 67.6 Å².